The zero-order valence-electron chi connectivity index (χ0n) is 8.41. The van der Waals surface area contributed by atoms with Gasteiger partial charge in [0.1, 0.15) is 5.75 Å². The predicted octanol–water partition coefficient (Wildman–Crippen LogP) is 2.14. The summed E-state index contributed by atoms with van der Waals surface area (Å²) >= 11 is 0. The highest BCUT2D eigenvalue weighted by atomic mass is 16.5. The molecule has 0 aliphatic heterocycles. The quantitative estimate of drug-likeness (QED) is 0.746. The zero-order chi connectivity index (χ0) is 10.6. The Morgan fingerprint density at radius 2 is 2.07 bits per heavy atom. The predicted molar refractivity (Wildman–Crippen MR) is 55.1 cm³/mol. The van der Waals surface area contributed by atoms with Gasteiger partial charge in [-0.25, -0.2) is 0 Å². The Bertz CT molecular complexity index is 332. The molecule has 0 radical (unpaired) electrons. The minimum absolute atomic E-state index is 0.197. The third kappa shape index (κ3) is 1.82. The maximum absolute atomic E-state index is 9.59. The summed E-state index contributed by atoms with van der Waals surface area (Å²) in [5.41, 5.74) is 0.696. The van der Waals surface area contributed by atoms with Crippen LogP contribution in [0.5, 0.6) is 17.2 Å². The number of phenols is 1. The van der Waals surface area contributed by atoms with Crippen molar-refractivity contribution in [2.24, 2.45) is 0 Å². The summed E-state index contributed by atoms with van der Waals surface area (Å²) < 4.78 is 10.3. The molecule has 3 heteroatoms. The summed E-state index contributed by atoms with van der Waals surface area (Å²) in [6, 6.07) is 3.25. The normalized spacial score (nSPS) is 9.57. The van der Waals surface area contributed by atoms with E-state index in [1.165, 1.54) is 0 Å². The molecule has 76 valence electrons. The minimum Gasteiger partial charge on any atom is -0.508 e. The van der Waals surface area contributed by atoms with Gasteiger partial charge in [-0.3, -0.25) is 0 Å². The van der Waals surface area contributed by atoms with E-state index < -0.39 is 0 Å². The molecule has 1 aromatic carbocycles. The van der Waals surface area contributed by atoms with Crippen molar-refractivity contribution in [2.45, 2.75) is 6.42 Å². The van der Waals surface area contributed by atoms with Crippen LogP contribution in [0.15, 0.2) is 24.8 Å². The SMILES string of the molecule is C=CCc1c(O)ccc(OC)c1OC. The average molecular weight is 194 g/mol. The van der Waals surface area contributed by atoms with Gasteiger partial charge in [-0.15, -0.1) is 6.58 Å². The second-order valence-corrected chi connectivity index (χ2v) is 2.79. The molecular formula is C11H14O3. The number of benzene rings is 1. The van der Waals surface area contributed by atoms with Gasteiger partial charge in [0, 0.05) is 5.56 Å². The Hall–Kier alpha value is -1.64. The van der Waals surface area contributed by atoms with E-state index in [4.69, 9.17) is 9.47 Å². The number of hydrogen-bond acceptors (Lipinski definition) is 3. The maximum atomic E-state index is 9.59. The molecule has 1 N–H and O–H groups in total. The summed E-state index contributed by atoms with van der Waals surface area (Å²) in [6.45, 7) is 3.62. The number of methoxy groups -OCH3 is 2. The van der Waals surface area contributed by atoms with Crippen molar-refractivity contribution >= 4 is 0 Å². The number of rotatable bonds is 4. The lowest BCUT2D eigenvalue weighted by atomic mass is 10.1. The molecule has 3 nitrogen and oxygen atoms in total. The number of hydrogen-bond donors (Lipinski definition) is 1. The lowest BCUT2D eigenvalue weighted by Crippen LogP contribution is -1.95. The molecule has 0 atom stereocenters. The highest BCUT2D eigenvalue weighted by molar-refractivity contribution is 5.53. The van der Waals surface area contributed by atoms with Crippen molar-refractivity contribution in [2.75, 3.05) is 14.2 Å². The first kappa shape index (κ1) is 10.4. The zero-order valence-corrected chi connectivity index (χ0v) is 8.41. The van der Waals surface area contributed by atoms with E-state index in [1.54, 1.807) is 32.4 Å². The monoisotopic (exact) mass is 194 g/mol. The van der Waals surface area contributed by atoms with E-state index in [9.17, 15) is 5.11 Å². The third-order valence-corrected chi connectivity index (χ3v) is 1.97. The molecule has 0 aliphatic rings. The van der Waals surface area contributed by atoms with Gasteiger partial charge in [0.2, 0.25) is 0 Å². The summed E-state index contributed by atoms with van der Waals surface area (Å²) in [5, 5.41) is 9.59. The van der Waals surface area contributed by atoms with Crippen LogP contribution in [-0.4, -0.2) is 19.3 Å². The van der Waals surface area contributed by atoms with Crippen LogP contribution in [0.25, 0.3) is 0 Å². The van der Waals surface area contributed by atoms with Crippen molar-refractivity contribution < 1.29 is 14.6 Å². The van der Waals surface area contributed by atoms with Gasteiger partial charge < -0.3 is 14.6 Å². The Kier molecular flexibility index (Phi) is 3.40. The number of phenolic OH excluding ortho intramolecular Hbond substituents is 1. The summed E-state index contributed by atoms with van der Waals surface area (Å²) in [6.07, 6.45) is 2.25. The van der Waals surface area contributed by atoms with Crippen LogP contribution in [0.3, 0.4) is 0 Å². The largest absolute Gasteiger partial charge is 0.508 e. The van der Waals surface area contributed by atoms with Gasteiger partial charge in [-0.2, -0.15) is 0 Å². The Morgan fingerprint density at radius 3 is 2.57 bits per heavy atom. The van der Waals surface area contributed by atoms with Gasteiger partial charge in [0.05, 0.1) is 14.2 Å². The summed E-state index contributed by atoms with van der Waals surface area (Å²) in [7, 11) is 3.11. The molecule has 0 aromatic heterocycles. The first-order chi connectivity index (χ1) is 6.74. The van der Waals surface area contributed by atoms with Crippen molar-refractivity contribution in [1.82, 2.24) is 0 Å². The molecule has 0 unspecified atom stereocenters. The van der Waals surface area contributed by atoms with Crippen LogP contribution in [0.4, 0.5) is 0 Å². The molecule has 0 bridgehead atoms. The van der Waals surface area contributed by atoms with Gasteiger partial charge in [-0.05, 0) is 18.6 Å². The van der Waals surface area contributed by atoms with Gasteiger partial charge in [0.15, 0.2) is 11.5 Å². The molecule has 0 heterocycles. The molecule has 0 aliphatic carbocycles. The van der Waals surface area contributed by atoms with Crippen LogP contribution < -0.4 is 9.47 Å². The van der Waals surface area contributed by atoms with Crippen LogP contribution in [0, 0.1) is 0 Å². The molecule has 14 heavy (non-hydrogen) atoms. The summed E-state index contributed by atoms with van der Waals surface area (Å²) in [4.78, 5) is 0. The molecule has 1 aromatic rings. The number of ether oxygens (including phenoxy) is 2. The fraction of sp³-hybridized carbons (Fsp3) is 0.273. The van der Waals surface area contributed by atoms with Crippen LogP contribution >= 0.6 is 0 Å². The molecule has 0 fully saturated rings. The number of aromatic hydroxyl groups is 1. The second-order valence-electron chi connectivity index (χ2n) is 2.79. The first-order valence-electron chi connectivity index (χ1n) is 4.28. The van der Waals surface area contributed by atoms with E-state index in [0.29, 0.717) is 23.5 Å². The van der Waals surface area contributed by atoms with E-state index in [2.05, 4.69) is 6.58 Å². The van der Waals surface area contributed by atoms with Crippen molar-refractivity contribution in [1.29, 1.82) is 0 Å². The number of allylic oxidation sites excluding steroid dienone is 1. The third-order valence-electron chi connectivity index (χ3n) is 1.97. The molecule has 0 saturated carbocycles. The average Bonchev–Trinajstić information content (AvgIpc) is 2.21. The lowest BCUT2D eigenvalue weighted by Gasteiger charge is -2.12. The molecular weight excluding hydrogens is 180 g/mol. The minimum atomic E-state index is 0.197. The first-order valence-corrected chi connectivity index (χ1v) is 4.28. The molecule has 0 saturated heterocycles. The fourth-order valence-electron chi connectivity index (χ4n) is 1.32. The Labute approximate surface area is 83.6 Å². The van der Waals surface area contributed by atoms with E-state index in [-0.39, 0.29) is 5.75 Å². The second kappa shape index (κ2) is 4.56. The van der Waals surface area contributed by atoms with E-state index >= 15 is 0 Å². The van der Waals surface area contributed by atoms with Gasteiger partial charge >= 0.3 is 0 Å². The standard InChI is InChI=1S/C11H14O3/c1-4-5-8-9(12)6-7-10(13-2)11(8)14-3/h4,6-7,12H,1,5H2,2-3H3. The van der Waals surface area contributed by atoms with Gasteiger partial charge in [-0.1, -0.05) is 6.08 Å². The van der Waals surface area contributed by atoms with Gasteiger partial charge in [0.25, 0.3) is 0 Å². The Morgan fingerprint density at radius 1 is 1.36 bits per heavy atom. The topological polar surface area (TPSA) is 38.7 Å². The van der Waals surface area contributed by atoms with Crippen LogP contribution in [-0.2, 0) is 6.42 Å². The summed E-state index contributed by atoms with van der Waals surface area (Å²) in [5.74, 6) is 1.37. The maximum Gasteiger partial charge on any atom is 0.167 e. The van der Waals surface area contributed by atoms with Crippen molar-refractivity contribution in [3.05, 3.63) is 30.4 Å². The van der Waals surface area contributed by atoms with Crippen LogP contribution in [0.1, 0.15) is 5.56 Å². The molecule has 0 amide bonds. The Balaban J connectivity index is 3.26. The lowest BCUT2D eigenvalue weighted by molar-refractivity contribution is 0.347. The highest BCUT2D eigenvalue weighted by Crippen LogP contribution is 2.36. The van der Waals surface area contributed by atoms with Crippen molar-refractivity contribution in [3.8, 4) is 17.2 Å². The van der Waals surface area contributed by atoms with E-state index in [0.717, 1.165) is 0 Å². The smallest absolute Gasteiger partial charge is 0.167 e. The highest BCUT2D eigenvalue weighted by Gasteiger charge is 2.12. The van der Waals surface area contributed by atoms with E-state index in [1.807, 2.05) is 0 Å². The molecule has 1 rings (SSSR count). The van der Waals surface area contributed by atoms with Crippen molar-refractivity contribution in [3.63, 3.8) is 0 Å². The molecule has 0 spiro atoms. The fourth-order valence-corrected chi connectivity index (χ4v) is 1.32. The van der Waals surface area contributed by atoms with Crippen LogP contribution in [0.2, 0.25) is 0 Å².